The Morgan fingerprint density at radius 2 is 2.05 bits per heavy atom. The van der Waals surface area contributed by atoms with Crippen molar-refractivity contribution in [3.8, 4) is 6.07 Å². The van der Waals surface area contributed by atoms with Gasteiger partial charge in [0.25, 0.3) is 0 Å². The van der Waals surface area contributed by atoms with Crippen LogP contribution >= 0.6 is 0 Å². The summed E-state index contributed by atoms with van der Waals surface area (Å²) in [7, 11) is 0. The number of ether oxygens (including phenoxy) is 1. The molecule has 19 heavy (non-hydrogen) atoms. The van der Waals surface area contributed by atoms with Crippen molar-refractivity contribution in [2.24, 2.45) is 5.92 Å². The van der Waals surface area contributed by atoms with Crippen molar-refractivity contribution < 1.29 is 4.74 Å². The predicted molar refractivity (Wildman–Crippen MR) is 75.5 cm³/mol. The van der Waals surface area contributed by atoms with E-state index in [1.54, 1.807) is 0 Å². The molecule has 102 valence electrons. The highest BCUT2D eigenvalue weighted by Gasteiger charge is 2.34. The second-order valence-electron chi connectivity index (χ2n) is 5.64. The summed E-state index contributed by atoms with van der Waals surface area (Å²) in [6.45, 7) is 5.28. The monoisotopic (exact) mass is 258 g/mol. The minimum atomic E-state index is -0.746. The van der Waals surface area contributed by atoms with Crippen LogP contribution in [0.5, 0.6) is 0 Å². The summed E-state index contributed by atoms with van der Waals surface area (Å²) in [5, 5.41) is 13.0. The van der Waals surface area contributed by atoms with E-state index in [9.17, 15) is 5.26 Å². The van der Waals surface area contributed by atoms with E-state index >= 15 is 0 Å². The summed E-state index contributed by atoms with van der Waals surface area (Å²) in [6, 6.07) is 12.5. The molecule has 1 aromatic carbocycles. The molecule has 0 heterocycles. The standard InChI is InChI=1S/C16H22N2O/c1-13(2)18-16(11-17,12-19-10-14-8-9-14)15-6-4-3-5-7-15/h3-7,13-14,18H,8-10,12H2,1-2H3. The van der Waals surface area contributed by atoms with Crippen LogP contribution in [-0.4, -0.2) is 19.3 Å². The van der Waals surface area contributed by atoms with Gasteiger partial charge in [-0.3, -0.25) is 5.32 Å². The van der Waals surface area contributed by atoms with E-state index < -0.39 is 5.54 Å². The average molecular weight is 258 g/mol. The third kappa shape index (κ3) is 3.79. The summed E-state index contributed by atoms with van der Waals surface area (Å²) in [5.74, 6) is 0.714. The maximum absolute atomic E-state index is 9.67. The number of nitrogens with one attached hydrogen (secondary N) is 1. The fraction of sp³-hybridized carbons (Fsp3) is 0.562. The minimum absolute atomic E-state index is 0.226. The first kappa shape index (κ1) is 14.0. The van der Waals surface area contributed by atoms with Crippen LogP contribution in [-0.2, 0) is 10.3 Å². The van der Waals surface area contributed by atoms with Gasteiger partial charge in [0.05, 0.1) is 12.7 Å². The van der Waals surface area contributed by atoms with E-state index in [-0.39, 0.29) is 6.04 Å². The molecule has 0 radical (unpaired) electrons. The van der Waals surface area contributed by atoms with Gasteiger partial charge in [0.15, 0.2) is 5.54 Å². The molecule has 1 saturated carbocycles. The highest BCUT2D eigenvalue weighted by Crippen LogP contribution is 2.30. The van der Waals surface area contributed by atoms with E-state index in [2.05, 4.69) is 25.2 Å². The Labute approximate surface area is 115 Å². The smallest absolute Gasteiger partial charge is 0.156 e. The van der Waals surface area contributed by atoms with Crippen molar-refractivity contribution in [1.29, 1.82) is 5.26 Å². The molecule has 0 saturated heterocycles. The van der Waals surface area contributed by atoms with Crippen LogP contribution in [0.1, 0.15) is 32.3 Å². The van der Waals surface area contributed by atoms with Crippen molar-refractivity contribution in [2.45, 2.75) is 38.3 Å². The van der Waals surface area contributed by atoms with Crippen LogP contribution in [0.4, 0.5) is 0 Å². The first-order valence-corrected chi connectivity index (χ1v) is 6.98. The van der Waals surface area contributed by atoms with E-state index in [4.69, 9.17) is 4.74 Å². The van der Waals surface area contributed by atoms with Crippen molar-refractivity contribution in [3.63, 3.8) is 0 Å². The molecule has 0 spiro atoms. The Hall–Kier alpha value is -1.37. The lowest BCUT2D eigenvalue weighted by atomic mass is 9.91. The third-order valence-corrected chi connectivity index (χ3v) is 3.36. The zero-order valence-corrected chi connectivity index (χ0v) is 11.7. The van der Waals surface area contributed by atoms with Crippen molar-refractivity contribution >= 4 is 0 Å². The summed E-state index contributed by atoms with van der Waals surface area (Å²) >= 11 is 0. The second-order valence-corrected chi connectivity index (χ2v) is 5.64. The van der Waals surface area contributed by atoms with Crippen LogP contribution in [0.2, 0.25) is 0 Å². The molecule has 1 aliphatic carbocycles. The minimum Gasteiger partial charge on any atom is -0.378 e. The normalized spacial score (nSPS) is 18.0. The molecule has 0 bridgehead atoms. The first-order chi connectivity index (χ1) is 9.16. The largest absolute Gasteiger partial charge is 0.378 e. The maximum atomic E-state index is 9.67. The molecular weight excluding hydrogens is 236 g/mol. The molecule has 0 aromatic heterocycles. The second kappa shape index (κ2) is 6.18. The summed E-state index contributed by atoms with van der Waals surface area (Å²) in [4.78, 5) is 0. The molecule has 2 rings (SSSR count). The molecule has 1 unspecified atom stereocenters. The first-order valence-electron chi connectivity index (χ1n) is 6.98. The number of rotatable bonds is 7. The van der Waals surface area contributed by atoms with Crippen molar-refractivity contribution in [3.05, 3.63) is 35.9 Å². The predicted octanol–water partition coefficient (Wildman–Crippen LogP) is 2.83. The van der Waals surface area contributed by atoms with Gasteiger partial charge in [-0.25, -0.2) is 0 Å². The Bertz CT molecular complexity index is 434. The van der Waals surface area contributed by atoms with E-state index in [0.29, 0.717) is 12.5 Å². The number of nitriles is 1. The average Bonchev–Trinajstić information content (AvgIpc) is 3.22. The maximum Gasteiger partial charge on any atom is 0.156 e. The molecule has 1 N–H and O–H groups in total. The number of nitrogens with zero attached hydrogens (tertiary/aromatic N) is 1. The van der Waals surface area contributed by atoms with Gasteiger partial charge in [-0.15, -0.1) is 0 Å². The van der Waals surface area contributed by atoms with Crippen molar-refractivity contribution in [1.82, 2.24) is 5.32 Å². The molecule has 1 fully saturated rings. The van der Waals surface area contributed by atoms with Gasteiger partial charge in [-0.1, -0.05) is 30.3 Å². The molecule has 0 amide bonds. The summed E-state index contributed by atoms with van der Waals surface area (Å²) in [6.07, 6.45) is 2.53. The lowest BCUT2D eigenvalue weighted by molar-refractivity contribution is 0.0778. The van der Waals surface area contributed by atoms with Gasteiger partial charge < -0.3 is 4.74 Å². The number of benzene rings is 1. The lowest BCUT2D eigenvalue weighted by Gasteiger charge is -2.30. The summed E-state index contributed by atoms with van der Waals surface area (Å²) < 4.78 is 5.78. The number of hydrogen-bond donors (Lipinski definition) is 1. The third-order valence-electron chi connectivity index (χ3n) is 3.36. The van der Waals surface area contributed by atoms with Gasteiger partial charge in [0.1, 0.15) is 0 Å². The Balaban J connectivity index is 2.12. The molecule has 1 aromatic rings. The quantitative estimate of drug-likeness (QED) is 0.818. The highest BCUT2D eigenvalue weighted by atomic mass is 16.5. The molecule has 0 aliphatic heterocycles. The Morgan fingerprint density at radius 1 is 1.37 bits per heavy atom. The summed E-state index contributed by atoms with van der Waals surface area (Å²) in [5.41, 5.74) is 0.228. The van der Waals surface area contributed by atoms with Gasteiger partial charge in [0, 0.05) is 12.6 Å². The Kier molecular flexibility index (Phi) is 4.57. The fourth-order valence-corrected chi connectivity index (χ4v) is 2.22. The van der Waals surface area contributed by atoms with Crippen LogP contribution in [0.3, 0.4) is 0 Å². The van der Waals surface area contributed by atoms with Crippen LogP contribution < -0.4 is 5.32 Å². The molecule has 3 heteroatoms. The van der Waals surface area contributed by atoms with Gasteiger partial charge in [-0.2, -0.15) is 5.26 Å². The van der Waals surface area contributed by atoms with E-state index in [1.165, 1.54) is 12.8 Å². The van der Waals surface area contributed by atoms with Crippen LogP contribution in [0.15, 0.2) is 30.3 Å². The van der Waals surface area contributed by atoms with Crippen LogP contribution in [0.25, 0.3) is 0 Å². The highest BCUT2D eigenvalue weighted by molar-refractivity contribution is 5.31. The zero-order valence-electron chi connectivity index (χ0n) is 11.7. The van der Waals surface area contributed by atoms with Gasteiger partial charge in [0.2, 0.25) is 0 Å². The molecule has 1 atom stereocenters. The topological polar surface area (TPSA) is 45.0 Å². The SMILES string of the molecule is CC(C)NC(C#N)(COCC1CC1)c1ccccc1. The molecule has 3 nitrogen and oxygen atoms in total. The lowest BCUT2D eigenvalue weighted by Crippen LogP contribution is -2.48. The van der Waals surface area contributed by atoms with E-state index in [0.717, 1.165) is 12.2 Å². The van der Waals surface area contributed by atoms with Gasteiger partial charge >= 0.3 is 0 Å². The number of hydrogen-bond acceptors (Lipinski definition) is 3. The fourth-order valence-electron chi connectivity index (χ4n) is 2.22. The van der Waals surface area contributed by atoms with Gasteiger partial charge in [-0.05, 0) is 38.2 Å². The molecule has 1 aliphatic rings. The van der Waals surface area contributed by atoms with E-state index in [1.807, 2.05) is 30.3 Å². The molecular formula is C16H22N2O. The zero-order chi connectivity index (χ0) is 13.7. The Morgan fingerprint density at radius 3 is 2.58 bits per heavy atom. The van der Waals surface area contributed by atoms with Crippen molar-refractivity contribution in [2.75, 3.05) is 13.2 Å². The van der Waals surface area contributed by atoms with Crippen LogP contribution in [0, 0.1) is 17.2 Å².